The van der Waals surface area contributed by atoms with Crippen LogP contribution in [0.2, 0.25) is 0 Å². The normalized spacial score (nSPS) is 18.3. The fraction of sp³-hybridized carbons (Fsp3) is 0.875. The van der Waals surface area contributed by atoms with Crippen molar-refractivity contribution in [3.63, 3.8) is 0 Å². The van der Waals surface area contributed by atoms with Crippen LogP contribution < -0.4 is 5.11 Å². The molecule has 0 aliphatic heterocycles. The lowest BCUT2D eigenvalue weighted by Gasteiger charge is -2.37. The van der Waals surface area contributed by atoms with Crippen molar-refractivity contribution in [2.45, 2.75) is 41.7 Å². The van der Waals surface area contributed by atoms with E-state index < -0.39 is 57.6 Å². The van der Waals surface area contributed by atoms with Crippen molar-refractivity contribution in [3.05, 3.63) is 0 Å². The number of alkyl halides is 16. The Morgan fingerprint density at radius 2 is 1.03 bits per heavy atom. The van der Waals surface area contributed by atoms with Crippen LogP contribution in [0, 0.1) is 0 Å². The summed E-state index contributed by atoms with van der Waals surface area (Å²) in [5, 5.41) is 3.57. The summed E-state index contributed by atoms with van der Waals surface area (Å²) in [5.41, 5.74) is 0. The van der Waals surface area contributed by atoms with Crippen molar-refractivity contribution in [3.8, 4) is 0 Å². The highest BCUT2D eigenvalue weighted by atomic mass is 32.2. The number of rotatable bonds is 6. The summed E-state index contributed by atoms with van der Waals surface area (Å²) in [5.74, 6) is -19.8. The van der Waals surface area contributed by atoms with E-state index >= 15 is 0 Å². The zero-order chi connectivity index (χ0) is 25.0. The van der Waals surface area contributed by atoms with Crippen LogP contribution in [0.25, 0.3) is 0 Å². The highest BCUT2D eigenvalue weighted by Gasteiger charge is 2.78. The molecule has 0 aliphatic carbocycles. The van der Waals surface area contributed by atoms with Gasteiger partial charge in [-0.25, -0.2) is 0 Å². The lowest BCUT2D eigenvalue weighted by molar-refractivity contribution is -0.477. The van der Waals surface area contributed by atoms with Crippen LogP contribution in [0.1, 0.15) is 0 Å². The number of ether oxygens (including phenoxy) is 1. The topological polar surface area (TPSA) is 78.8 Å². The van der Waals surface area contributed by atoms with E-state index in [2.05, 4.69) is 0 Å². The molecule has 30 heavy (non-hydrogen) atoms. The van der Waals surface area contributed by atoms with Gasteiger partial charge in [0.25, 0.3) is 0 Å². The third-order valence-electron chi connectivity index (χ3n) is 2.49. The zero-order valence-electron chi connectivity index (χ0n) is 12.5. The molecule has 0 saturated carbocycles. The highest BCUT2D eigenvalue weighted by molar-refractivity contribution is 7.91. The standard InChI is InChI=1S/C8HF16NO4S/c9-2(4(12,13)14,29-7(21,22)3(10,11)5(15,16)17)1(26)25-30(27,28)8(23,24)6(18,19)20/h(H,25,26)/p-1. The maximum atomic E-state index is 13.6. The van der Waals surface area contributed by atoms with E-state index in [-0.39, 0.29) is 0 Å². The molecule has 0 saturated heterocycles. The number of hydrogen-bond acceptors (Lipinski definition) is 4. The Kier molecular flexibility index (Phi) is 6.74. The van der Waals surface area contributed by atoms with Gasteiger partial charge in [-0.1, -0.05) is 0 Å². The highest BCUT2D eigenvalue weighted by Crippen LogP contribution is 2.51. The predicted octanol–water partition coefficient (Wildman–Crippen LogP) is 3.27. The molecule has 1 atom stereocenters. The average molecular weight is 510 g/mol. The molecule has 0 bridgehead atoms. The maximum absolute atomic E-state index is 13.6. The van der Waals surface area contributed by atoms with Crippen LogP contribution in [0.3, 0.4) is 0 Å². The van der Waals surface area contributed by atoms with Crippen molar-refractivity contribution < 1.29 is 88.5 Å². The van der Waals surface area contributed by atoms with E-state index in [1.54, 1.807) is 0 Å². The Hall–Kier alpha value is -1.74. The number of sulfonamides is 1. The van der Waals surface area contributed by atoms with Crippen molar-refractivity contribution in [2.75, 3.05) is 0 Å². The summed E-state index contributed by atoms with van der Waals surface area (Å²) in [7, 11) is -7.94. The lowest BCUT2D eigenvalue weighted by atomic mass is 10.2. The molecule has 22 heteroatoms. The Labute approximate surface area is 152 Å². The third kappa shape index (κ3) is 4.61. The van der Waals surface area contributed by atoms with Crippen LogP contribution in [0.4, 0.5) is 70.2 Å². The summed E-state index contributed by atoms with van der Waals surface area (Å²) in [4.78, 5) is 0. The fourth-order valence-corrected chi connectivity index (χ4v) is 1.74. The molecular formula is C8F16NO4S-. The number of hydrogen-bond donors (Lipinski definition) is 0. The smallest absolute Gasteiger partial charge is 0.471 e. The number of halogens is 16. The van der Waals surface area contributed by atoms with Crippen molar-refractivity contribution in [1.29, 1.82) is 0 Å². The number of nitrogens with zero attached hydrogens (tertiary/aromatic N) is 1. The van der Waals surface area contributed by atoms with Crippen LogP contribution in [0.5, 0.6) is 0 Å². The van der Waals surface area contributed by atoms with Gasteiger partial charge in [-0.05, 0) is 0 Å². The Balaban J connectivity index is 6.68. The van der Waals surface area contributed by atoms with Crippen molar-refractivity contribution >= 4 is 15.9 Å². The monoisotopic (exact) mass is 510 g/mol. The second kappa shape index (κ2) is 7.15. The summed E-state index contributed by atoms with van der Waals surface area (Å²) in [6, 6.07) is 0. The predicted molar refractivity (Wildman–Crippen MR) is 54.3 cm³/mol. The maximum Gasteiger partial charge on any atom is 0.471 e. The van der Waals surface area contributed by atoms with Gasteiger partial charge in [-0.3, -0.25) is 4.74 Å². The molecule has 1 unspecified atom stereocenters. The first kappa shape index (κ1) is 28.3. The average Bonchev–Trinajstić information content (AvgIpc) is 2.41. The Bertz CT molecular complexity index is 777. The van der Waals surface area contributed by atoms with Gasteiger partial charge in [0.15, 0.2) is 0 Å². The first-order chi connectivity index (χ1) is 12.6. The molecule has 180 valence electrons. The van der Waals surface area contributed by atoms with E-state index in [4.69, 9.17) is 0 Å². The van der Waals surface area contributed by atoms with Crippen LogP contribution in [0.15, 0.2) is 4.40 Å². The van der Waals surface area contributed by atoms with Crippen LogP contribution in [-0.4, -0.2) is 56.0 Å². The summed E-state index contributed by atoms with van der Waals surface area (Å²) >= 11 is 0. The molecule has 5 nitrogen and oxygen atoms in total. The van der Waals surface area contributed by atoms with E-state index in [0.717, 1.165) is 0 Å². The minimum atomic E-state index is -7.94. The van der Waals surface area contributed by atoms with Gasteiger partial charge in [0.05, 0.1) is 5.90 Å². The molecule has 0 amide bonds. The summed E-state index contributed by atoms with van der Waals surface area (Å²) in [6.45, 7) is 0. The molecule has 0 radical (unpaired) electrons. The molecule has 0 rings (SSSR count). The second-order valence-corrected chi connectivity index (χ2v) is 6.32. The SMILES string of the molecule is O=S(=O)(/N=C(\[O-])C(F)(OC(F)(F)C(F)(F)C(F)(F)F)C(F)(F)F)C(F)(F)C(F)(F)F. The molecule has 0 aromatic carbocycles. The Morgan fingerprint density at radius 3 is 1.30 bits per heavy atom. The molecule has 0 aromatic heterocycles. The van der Waals surface area contributed by atoms with E-state index in [1.807, 2.05) is 0 Å². The molecule has 0 aliphatic rings. The van der Waals surface area contributed by atoms with Gasteiger partial charge in [0, 0.05) is 0 Å². The minimum absolute atomic E-state index is 0.398. The molecule has 0 fully saturated rings. The Morgan fingerprint density at radius 1 is 0.667 bits per heavy atom. The quantitative estimate of drug-likeness (QED) is 0.313. The summed E-state index contributed by atoms with van der Waals surface area (Å²) < 4.78 is 221. The molecule has 0 heterocycles. The molecule has 0 aromatic rings. The molecular weight excluding hydrogens is 510 g/mol. The van der Waals surface area contributed by atoms with Gasteiger partial charge in [-0.2, -0.15) is 83.1 Å². The lowest BCUT2D eigenvalue weighted by Crippen LogP contribution is -2.64. The van der Waals surface area contributed by atoms with Crippen molar-refractivity contribution in [1.82, 2.24) is 0 Å². The second-order valence-electron chi connectivity index (χ2n) is 4.67. The van der Waals surface area contributed by atoms with Crippen LogP contribution >= 0.6 is 0 Å². The first-order valence-electron chi connectivity index (χ1n) is 5.83. The third-order valence-corrected chi connectivity index (χ3v) is 3.77. The molecule has 0 spiro atoms. The minimum Gasteiger partial charge on any atom is -0.857 e. The van der Waals surface area contributed by atoms with Gasteiger partial charge in [0.2, 0.25) is 0 Å². The van der Waals surface area contributed by atoms with Gasteiger partial charge < -0.3 is 5.11 Å². The van der Waals surface area contributed by atoms with Gasteiger partial charge >= 0.3 is 51.7 Å². The van der Waals surface area contributed by atoms with E-state index in [9.17, 15) is 83.8 Å². The summed E-state index contributed by atoms with van der Waals surface area (Å²) in [6.07, 6.45) is -30.0. The van der Waals surface area contributed by atoms with Crippen LogP contribution in [-0.2, 0) is 14.8 Å². The van der Waals surface area contributed by atoms with Gasteiger partial charge in [-0.15, -0.1) is 0 Å². The zero-order valence-corrected chi connectivity index (χ0v) is 13.4. The fourth-order valence-electron chi connectivity index (χ4n) is 1.000. The first-order valence-corrected chi connectivity index (χ1v) is 7.27. The molecule has 0 N–H and O–H groups in total. The van der Waals surface area contributed by atoms with E-state index in [1.165, 1.54) is 4.74 Å². The largest absolute Gasteiger partial charge is 0.857 e. The van der Waals surface area contributed by atoms with Crippen molar-refractivity contribution in [2.24, 2.45) is 4.40 Å². The van der Waals surface area contributed by atoms with Gasteiger partial charge in [0.1, 0.15) is 0 Å². The van der Waals surface area contributed by atoms with E-state index in [0.29, 0.717) is 4.40 Å².